The first kappa shape index (κ1) is 17.0. The summed E-state index contributed by atoms with van der Waals surface area (Å²) in [6.45, 7) is 3.51. The Kier molecular flexibility index (Phi) is 6.99. The number of hydrogen-bond acceptors (Lipinski definition) is 3. The van der Waals surface area contributed by atoms with Crippen molar-refractivity contribution in [1.82, 2.24) is 10.6 Å². The molecule has 1 aliphatic heterocycles. The minimum absolute atomic E-state index is 0. The van der Waals surface area contributed by atoms with E-state index < -0.39 is 0 Å². The summed E-state index contributed by atoms with van der Waals surface area (Å²) < 4.78 is 5.14. The van der Waals surface area contributed by atoms with Gasteiger partial charge in [-0.2, -0.15) is 0 Å². The molecule has 1 amide bonds. The van der Waals surface area contributed by atoms with Gasteiger partial charge in [0.25, 0.3) is 0 Å². The molecule has 5 heteroatoms. The molecule has 0 spiro atoms. The van der Waals surface area contributed by atoms with Gasteiger partial charge in [0, 0.05) is 19.7 Å². The van der Waals surface area contributed by atoms with Gasteiger partial charge in [-0.05, 0) is 30.5 Å². The number of nitrogens with one attached hydrogen (secondary N) is 2. The van der Waals surface area contributed by atoms with Gasteiger partial charge in [-0.3, -0.25) is 4.79 Å². The first-order valence-corrected chi connectivity index (χ1v) is 6.88. The van der Waals surface area contributed by atoms with Gasteiger partial charge in [0.15, 0.2) is 0 Å². The lowest BCUT2D eigenvalue weighted by atomic mass is 9.94. The third kappa shape index (κ3) is 3.95. The van der Waals surface area contributed by atoms with Crippen LogP contribution in [0.4, 0.5) is 0 Å². The maximum atomic E-state index is 11.9. The van der Waals surface area contributed by atoms with Crippen molar-refractivity contribution >= 4 is 18.3 Å². The van der Waals surface area contributed by atoms with Gasteiger partial charge >= 0.3 is 0 Å². The van der Waals surface area contributed by atoms with Crippen LogP contribution in [0.15, 0.2) is 24.3 Å². The van der Waals surface area contributed by atoms with Gasteiger partial charge in [-0.15, -0.1) is 12.4 Å². The van der Waals surface area contributed by atoms with Gasteiger partial charge in [0.05, 0.1) is 0 Å². The van der Waals surface area contributed by atoms with Crippen LogP contribution in [-0.4, -0.2) is 32.2 Å². The summed E-state index contributed by atoms with van der Waals surface area (Å²) in [6.07, 6.45) is 1.40. The summed E-state index contributed by atoms with van der Waals surface area (Å²) in [5.41, 5.74) is 2.67. The van der Waals surface area contributed by atoms with E-state index in [1.165, 1.54) is 11.1 Å². The summed E-state index contributed by atoms with van der Waals surface area (Å²) in [5, 5.41) is 6.42. The van der Waals surface area contributed by atoms with Crippen molar-refractivity contribution in [2.45, 2.75) is 31.9 Å². The zero-order chi connectivity index (χ0) is 13.7. The van der Waals surface area contributed by atoms with Crippen LogP contribution in [0.2, 0.25) is 0 Å². The van der Waals surface area contributed by atoms with Gasteiger partial charge in [-0.1, -0.05) is 31.2 Å². The molecule has 20 heavy (non-hydrogen) atoms. The van der Waals surface area contributed by atoms with Crippen LogP contribution in [0.3, 0.4) is 0 Å². The first-order valence-electron chi connectivity index (χ1n) is 6.88. The zero-order valence-electron chi connectivity index (χ0n) is 12.0. The molecule has 4 nitrogen and oxygen atoms in total. The average Bonchev–Trinajstić information content (AvgIpc) is 2.46. The number of amides is 1. The highest BCUT2D eigenvalue weighted by atomic mass is 35.5. The summed E-state index contributed by atoms with van der Waals surface area (Å²) in [6, 6.07) is 8.60. The minimum Gasteiger partial charge on any atom is -0.372 e. The van der Waals surface area contributed by atoms with Crippen LogP contribution in [0.5, 0.6) is 0 Å². The number of hydrogen-bond donors (Lipinski definition) is 2. The lowest BCUT2D eigenvalue weighted by Crippen LogP contribution is -2.42. The summed E-state index contributed by atoms with van der Waals surface area (Å²) in [7, 11) is 1.57. The highest BCUT2D eigenvalue weighted by Crippen LogP contribution is 2.21. The Bertz CT molecular complexity index is 436. The molecule has 2 atom stereocenters. The summed E-state index contributed by atoms with van der Waals surface area (Å²) >= 11 is 0. The molecule has 2 N–H and O–H groups in total. The number of benzene rings is 1. The number of rotatable bonds is 5. The Morgan fingerprint density at radius 3 is 2.95 bits per heavy atom. The average molecular weight is 299 g/mol. The monoisotopic (exact) mass is 298 g/mol. The predicted octanol–water partition coefficient (Wildman–Crippen LogP) is 1.84. The molecular weight excluding hydrogens is 276 g/mol. The number of carbonyl (C=O) groups is 1. The number of carbonyl (C=O) groups excluding carboxylic acids is 1. The van der Waals surface area contributed by atoms with Gasteiger partial charge < -0.3 is 15.4 Å². The fraction of sp³-hybridized carbons (Fsp3) is 0.533. The van der Waals surface area contributed by atoms with E-state index in [-0.39, 0.29) is 30.5 Å². The molecule has 0 saturated carbocycles. The largest absolute Gasteiger partial charge is 0.372 e. The first-order chi connectivity index (χ1) is 9.26. The third-order valence-corrected chi connectivity index (χ3v) is 3.64. The van der Waals surface area contributed by atoms with E-state index in [9.17, 15) is 4.79 Å². The molecule has 0 saturated heterocycles. The smallest absolute Gasteiger partial charge is 0.249 e. The summed E-state index contributed by atoms with van der Waals surface area (Å²) in [5.74, 6) is -0.0325. The summed E-state index contributed by atoms with van der Waals surface area (Å²) in [4.78, 5) is 11.9. The van der Waals surface area contributed by atoms with E-state index in [4.69, 9.17) is 4.74 Å². The molecule has 0 radical (unpaired) electrons. The molecule has 1 heterocycles. The molecule has 2 unspecified atom stereocenters. The third-order valence-electron chi connectivity index (χ3n) is 3.64. The number of fused-ring (bicyclic) bond motifs is 1. The van der Waals surface area contributed by atoms with Gasteiger partial charge in [0.2, 0.25) is 5.91 Å². The quantitative estimate of drug-likeness (QED) is 0.872. The van der Waals surface area contributed by atoms with E-state index in [0.29, 0.717) is 13.0 Å². The molecule has 1 aromatic carbocycles. The van der Waals surface area contributed by atoms with Crippen molar-refractivity contribution in [3.63, 3.8) is 0 Å². The van der Waals surface area contributed by atoms with Crippen LogP contribution in [0, 0.1) is 0 Å². The second kappa shape index (κ2) is 8.25. The van der Waals surface area contributed by atoms with E-state index in [2.05, 4.69) is 28.8 Å². The molecule has 0 aliphatic carbocycles. The fourth-order valence-electron chi connectivity index (χ4n) is 2.55. The van der Waals surface area contributed by atoms with Crippen molar-refractivity contribution in [3.05, 3.63) is 35.4 Å². The maximum absolute atomic E-state index is 11.9. The molecule has 112 valence electrons. The number of ether oxygens (including phenoxy) is 1. The number of halogens is 1. The molecule has 0 aromatic heterocycles. The van der Waals surface area contributed by atoms with Crippen LogP contribution < -0.4 is 10.6 Å². The minimum atomic E-state index is -0.348. The predicted molar refractivity (Wildman–Crippen MR) is 82.2 cm³/mol. The van der Waals surface area contributed by atoms with Crippen molar-refractivity contribution in [2.75, 3.05) is 20.2 Å². The van der Waals surface area contributed by atoms with Crippen molar-refractivity contribution < 1.29 is 9.53 Å². The molecule has 1 aromatic rings. The molecule has 1 aliphatic rings. The Morgan fingerprint density at radius 2 is 2.25 bits per heavy atom. The highest BCUT2D eigenvalue weighted by Gasteiger charge is 2.21. The normalized spacial score (nSPS) is 18.6. The fourth-order valence-corrected chi connectivity index (χ4v) is 2.55. The van der Waals surface area contributed by atoms with E-state index in [0.717, 1.165) is 13.0 Å². The lowest BCUT2D eigenvalue weighted by Gasteiger charge is -2.27. The van der Waals surface area contributed by atoms with Crippen LogP contribution in [-0.2, 0) is 16.0 Å². The van der Waals surface area contributed by atoms with Crippen molar-refractivity contribution in [1.29, 1.82) is 0 Å². The number of methoxy groups -OCH3 is 1. The van der Waals surface area contributed by atoms with E-state index in [1.54, 1.807) is 7.11 Å². The maximum Gasteiger partial charge on any atom is 0.249 e. The van der Waals surface area contributed by atoms with Crippen molar-refractivity contribution in [3.8, 4) is 0 Å². The van der Waals surface area contributed by atoms with Crippen LogP contribution >= 0.6 is 12.4 Å². The van der Waals surface area contributed by atoms with Gasteiger partial charge in [-0.25, -0.2) is 0 Å². The lowest BCUT2D eigenvalue weighted by molar-refractivity contribution is -0.131. The SMILES string of the molecule is CCC(OC)C(=O)NCC1NCCc2ccccc21.Cl. The molecule has 0 fully saturated rings. The second-order valence-electron chi connectivity index (χ2n) is 4.83. The Morgan fingerprint density at radius 1 is 1.50 bits per heavy atom. The zero-order valence-corrected chi connectivity index (χ0v) is 12.8. The topological polar surface area (TPSA) is 50.4 Å². The highest BCUT2D eigenvalue weighted by molar-refractivity contribution is 5.85. The van der Waals surface area contributed by atoms with Crippen LogP contribution in [0.25, 0.3) is 0 Å². The molecular formula is C15H23ClN2O2. The van der Waals surface area contributed by atoms with E-state index >= 15 is 0 Å². The Hall–Kier alpha value is -1.10. The van der Waals surface area contributed by atoms with E-state index in [1.807, 2.05) is 13.0 Å². The standard InChI is InChI=1S/C15H22N2O2.ClH/c1-3-14(19-2)15(18)17-10-13-12-7-5-4-6-11(12)8-9-16-13;/h4-7,13-14,16H,3,8-10H2,1-2H3,(H,17,18);1H. The Labute approximate surface area is 126 Å². The Balaban J connectivity index is 0.00000200. The molecule has 0 bridgehead atoms. The van der Waals surface area contributed by atoms with Crippen molar-refractivity contribution in [2.24, 2.45) is 0 Å². The second-order valence-corrected chi connectivity index (χ2v) is 4.83. The molecule has 2 rings (SSSR count). The van der Waals surface area contributed by atoms with Crippen LogP contribution in [0.1, 0.15) is 30.5 Å². The van der Waals surface area contributed by atoms with Gasteiger partial charge in [0.1, 0.15) is 6.10 Å².